The first kappa shape index (κ1) is 16.2. The van der Waals surface area contributed by atoms with Gasteiger partial charge in [0.1, 0.15) is 17.2 Å². The summed E-state index contributed by atoms with van der Waals surface area (Å²) in [4.78, 5) is 0. The number of phenolic OH excluding ortho intramolecular Hbond substituents is 2. The molecule has 0 heterocycles. The van der Waals surface area contributed by atoms with E-state index in [1.807, 2.05) is 57.2 Å². The van der Waals surface area contributed by atoms with Crippen LogP contribution in [-0.4, -0.2) is 17.3 Å². The lowest BCUT2D eigenvalue weighted by Crippen LogP contribution is -2.12. The summed E-state index contributed by atoms with van der Waals surface area (Å²) in [5.41, 5.74) is 1.72. The van der Waals surface area contributed by atoms with Crippen LogP contribution in [0.4, 0.5) is 0 Å². The molecule has 0 aliphatic carbocycles. The first-order valence-electron chi connectivity index (χ1n) is 7.95. The molecule has 0 saturated carbocycles. The number of benzene rings is 3. The minimum absolute atomic E-state index is 0.136. The lowest BCUT2D eigenvalue weighted by Gasteiger charge is -2.23. The van der Waals surface area contributed by atoms with Crippen molar-refractivity contribution in [2.24, 2.45) is 0 Å². The molecule has 0 amide bonds. The number of hydrogen-bond acceptors (Lipinski definition) is 3. The number of rotatable bonds is 2. The van der Waals surface area contributed by atoms with Gasteiger partial charge in [-0.1, -0.05) is 51.1 Å². The molecule has 3 aromatic rings. The standard InChI is InChI=1S/C21H22O3/c1-21(2,3)17-12-14(24-4)11-16(20(17)23)19-15-8-6-5-7-13(15)9-10-18(19)22/h5-12,22-23H,1-4H3. The van der Waals surface area contributed by atoms with Crippen LogP contribution in [0.15, 0.2) is 48.5 Å². The Balaban J connectivity index is 2.41. The Labute approximate surface area is 142 Å². The van der Waals surface area contributed by atoms with Gasteiger partial charge in [-0.3, -0.25) is 0 Å². The van der Waals surface area contributed by atoms with Crippen molar-refractivity contribution >= 4 is 10.8 Å². The Morgan fingerprint density at radius 3 is 2.29 bits per heavy atom. The zero-order valence-corrected chi connectivity index (χ0v) is 14.4. The molecule has 0 atom stereocenters. The van der Waals surface area contributed by atoms with E-state index in [9.17, 15) is 10.2 Å². The van der Waals surface area contributed by atoms with Crippen LogP contribution in [-0.2, 0) is 5.41 Å². The van der Waals surface area contributed by atoms with E-state index < -0.39 is 0 Å². The minimum Gasteiger partial charge on any atom is -0.507 e. The van der Waals surface area contributed by atoms with Crippen LogP contribution >= 0.6 is 0 Å². The molecule has 0 spiro atoms. The summed E-state index contributed by atoms with van der Waals surface area (Å²) >= 11 is 0. The van der Waals surface area contributed by atoms with Gasteiger partial charge < -0.3 is 14.9 Å². The van der Waals surface area contributed by atoms with Crippen molar-refractivity contribution in [1.82, 2.24) is 0 Å². The zero-order chi connectivity index (χ0) is 17.5. The topological polar surface area (TPSA) is 49.7 Å². The van der Waals surface area contributed by atoms with Crippen molar-refractivity contribution in [3.05, 3.63) is 54.1 Å². The smallest absolute Gasteiger partial charge is 0.127 e. The average Bonchev–Trinajstić information content (AvgIpc) is 2.54. The van der Waals surface area contributed by atoms with Crippen LogP contribution in [0.3, 0.4) is 0 Å². The van der Waals surface area contributed by atoms with E-state index in [1.54, 1.807) is 19.2 Å². The quantitative estimate of drug-likeness (QED) is 0.679. The van der Waals surface area contributed by atoms with Crippen LogP contribution < -0.4 is 4.74 Å². The van der Waals surface area contributed by atoms with E-state index in [0.717, 1.165) is 16.3 Å². The Hall–Kier alpha value is -2.68. The molecule has 24 heavy (non-hydrogen) atoms. The lowest BCUT2D eigenvalue weighted by molar-refractivity contribution is 0.406. The number of phenols is 2. The second kappa shape index (κ2) is 5.75. The maximum absolute atomic E-state index is 10.9. The monoisotopic (exact) mass is 322 g/mol. The highest BCUT2D eigenvalue weighted by molar-refractivity contribution is 6.01. The largest absolute Gasteiger partial charge is 0.507 e. The lowest BCUT2D eigenvalue weighted by atomic mass is 9.83. The molecule has 2 N–H and O–H groups in total. The van der Waals surface area contributed by atoms with Gasteiger partial charge in [-0.25, -0.2) is 0 Å². The summed E-state index contributed by atoms with van der Waals surface area (Å²) in [5, 5.41) is 23.3. The highest BCUT2D eigenvalue weighted by Crippen LogP contribution is 2.46. The SMILES string of the molecule is COc1cc(-c2c(O)ccc3ccccc23)c(O)c(C(C)(C)C)c1. The van der Waals surface area contributed by atoms with Crippen molar-refractivity contribution in [2.45, 2.75) is 26.2 Å². The number of hydrogen-bond donors (Lipinski definition) is 2. The van der Waals surface area contributed by atoms with Crippen LogP contribution in [0.25, 0.3) is 21.9 Å². The number of fused-ring (bicyclic) bond motifs is 1. The third-order valence-electron chi connectivity index (χ3n) is 4.30. The molecule has 0 bridgehead atoms. The molecule has 0 unspecified atom stereocenters. The molecular weight excluding hydrogens is 300 g/mol. The first-order valence-corrected chi connectivity index (χ1v) is 7.95. The first-order chi connectivity index (χ1) is 11.3. The van der Waals surface area contributed by atoms with Crippen molar-refractivity contribution in [3.63, 3.8) is 0 Å². The van der Waals surface area contributed by atoms with E-state index in [1.165, 1.54) is 0 Å². The van der Waals surface area contributed by atoms with E-state index in [2.05, 4.69) is 0 Å². The van der Waals surface area contributed by atoms with Gasteiger partial charge in [0, 0.05) is 16.7 Å². The van der Waals surface area contributed by atoms with Gasteiger partial charge in [-0.2, -0.15) is 0 Å². The Bertz CT molecular complexity index is 905. The Morgan fingerprint density at radius 1 is 0.917 bits per heavy atom. The van der Waals surface area contributed by atoms with Gasteiger partial charge in [0.25, 0.3) is 0 Å². The summed E-state index contributed by atoms with van der Waals surface area (Å²) in [7, 11) is 1.60. The van der Waals surface area contributed by atoms with Gasteiger partial charge in [0.05, 0.1) is 7.11 Å². The van der Waals surface area contributed by atoms with E-state index in [0.29, 0.717) is 16.9 Å². The third kappa shape index (κ3) is 2.67. The highest BCUT2D eigenvalue weighted by atomic mass is 16.5. The predicted octanol–water partition coefficient (Wildman–Crippen LogP) is 5.22. The zero-order valence-electron chi connectivity index (χ0n) is 14.4. The van der Waals surface area contributed by atoms with Crippen LogP contribution in [0.2, 0.25) is 0 Å². The summed E-state index contributed by atoms with van der Waals surface area (Å²) < 4.78 is 5.43. The summed E-state index contributed by atoms with van der Waals surface area (Å²) in [6.07, 6.45) is 0. The third-order valence-corrected chi connectivity index (χ3v) is 4.30. The maximum atomic E-state index is 10.9. The van der Waals surface area contributed by atoms with E-state index >= 15 is 0 Å². The van der Waals surface area contributed by atoms with Crippen molar-refractivity contribution < 1.29 is 14.9 Å². The molecule has 124 valence electrons. The van der Waals surface area contributed by atoms with Crippen LogP contribution in [0.1, 0.15) is 26.3 Å². The van der Waals surface area contributed by atoms with Gasteiger partial charge in [0.15, 0.2) is 0 Å². The van der Waals surface area contributed by atoms with E-state index in [4.69, 9.17) is 4.74 Å². The molecule has 0 saturated heterocycles. The number of methoxy groups -OCH3 is 1. The number of aromatic hydroxyl groups is 2. The molecule has 3 aromatic carbocycles. The molecule has 0 radical (unpaired) electrons. The predicted molar refractivity (Wildman–Crippen MR) is 98.0 cm³/mol. The fraction of sp³-hybridized carbons (Fsp3) is 0.238. The van der Waals surface area contributed by atoms with Crippen LogP contribution in [0, 0.1) is 0 Å². The molecule has 0 fully saturated rings. The van der Waals surface area contributed by atoms with E-state index in [-0.39, 0.29) is 16.9 Å². The van der Waals surface area contributed by atoms with Gasteiger partial charge in [-0.15, -0.1) is 0 Å². The molecule has 3 heteroatoms. The van der Waals surface area contributed by atoms with Gasteiger partial charge in [0.2, 0.25) is 0 Å². The fourth-order valence-corrected chi connectivity index (χ4v) is 3.03. The Kier molecular flexibility index (Phi) is 3.88. The van der Waals surface area contributed by atoms with Crippen molar-refractivity contribution in [3.8, 4) is 28.4 Å². The molecule has 3 nitrogen and oxygen atoms in total. The van der Waals surface area contributed by atoms with Gasteiger partial charge >= 0.3 is 0 Å². The molecule has 0 aliphatic heterocycles. The second-order valence-electron chi connectivity index (χ2n) is 7.00. The molecule has 0 aromatic heterocycles. The summed E-state index contributed by atoms with van der Waals surface area (Å²) in [6.45, 7) is 6.11. The van der Waals surface area contributed by atoms with Crippen molar-refractivity contribution in [1.29, 1.82) is 0 Å². The molecule has 0 aliphatic rings. The summed E-state index contributed by atoms with van der Waals surface area (Å²) in [6, 6.07) is 15.0. The number of ether oxygens (including phenoxy) is 1. The average molecular weight is 322 g/mol. The second-order valence-corrected chi connectivity index (χ2v) is 7.00. The molecular formula is C21H22O3. The normalized spacial score (nSPS) is 11.7. The Morgan fingerprint density at radius 2 is 1.62 bits per heavy atom. The summed E-state index contributed by atoms with van der Waals surface area (Å²) in [5.74, 6) is 0.965. The molecule has 3 rings (SSSR count). The van der Waals surface area contributed by atoms with Crippen molar-refractivity contribution in [2.75, 3.05) is 7.11 Å². The van der Waals surface area contributed by atoms with Crippen LogP contribution in [0.5, 0.6) is 17.2 Å². The minimum atomic E-state index is -0.256. The van der Waals surface area contributed by atoms with Gasteiger partial charge in [-0.05, 0) is 34.4 Å². The fourth-order valence-electron chi connectivity index (χ4n) is 3.03. The highest BCUT2D eigenvalue weighted by Gasteiger charge is 2.24. The maximum Gasteiger partial charge on any atom is 0.127 e.